The normalized spacial score (nSPS) is 10.4. The van der Waals surface area contributed by atoms with E-state index in [9.17, 15) is 0 Å². The number of benzene rings is 3. The molecule has 146 valence electrons. The van der Waals surface area contributed by atoms with E-state index in [0.717, 1.165) is 33.5 Å². The highest BCUT2D eigenvalue weighted by atomic mass is 16.6. The quantitative estimate of drug-likeness (QED) is 0.433. The second-order valence-corrected chi connectivity index (χ2v) is 6.62. The number of anilines is 2. The number of fused-ring (bicyclic) bond motifs is 1. The molecule has 0 saturated carbocycles. The van der Waals surface area contributed by atoms with Crippen molar-refractivity contribution in [3.8, 4) is 6.07 Å². The lowest BCUT2D eigenvalue weighted by atomic mass is 10.1. The van der Waals surface area contributed by atoms with E-state index in [2.05, 4.69) is 33.4 Å². The Hall–Kier alpha value is -4.21. The fourth-order valence-corrected chi connectivity index (χ4v) is 2.94. The predicted molar refractivity (Wildman–Crippen MR) is 117 cm³/mol. The SMILES string of the molecule is C=C(NOCc1ccc(C#N)cc1)c1ccc(Nc2ncnc3ccccc23)cc1. The summed E-state index contributed by atoms with van der Waals surface area (Å²) in [5.74, 6) is 0.760. The molecule has 0 amide bonds. The molecule has 0 unspecified atom stereocenters. The van der Waals surface area contributed by atoms with Crippen LogP contribution in [0.25, 0.3) is 16.6 Å². The third kappa shape index (κ3) is 4.43. The lowest BCUT2D eigenvalue weighted by molar-refractivity contribution is 0.0648. The Balaban J connectivity index is 1.35. The first-order valence-corrected chi connectivity index (χ1v) is 9.36. The molecule has 0 atom stereocenters. The van der Waals surface area contributed by atoms with Gasteiger partial charge in [-0.1, -0.05) is 43.0 Å². The molecule has 0 aliphatic carbocycles. The Kier molecular flexibility index (Phi) is 5.65. The number of nitrogens with one attached hydrogen (secondary N) is 2. The van der Waals surface area contributed by atoms with E-state index in [1.165, 1.54) is 0 Å². The Labute approximate surface area is 174 Å². The molecule has 6 nitrogen and oxygen atoms in total. The first-order chi connectivity index (χ1) is 14.7. The molecule has 0 bridgehead atoms. The summed E-state index contributed by atoms with van der Waals surface area (Å²) >= 11 is 0. The molecule has 1 aromatic heterocycles. The topological polar surface area (TPSA) is 82.9 Å². The van der Waals surface area contributed by atoms with Gasteiger partial charge in [0.25, 0.3) is 0 Å². The van der Waals surface area contributed by atoms with E-state index < -0.39 is 0 Å². The fraction of sp³-hybridized carbons (Fsp3) is 0.0417. The summed E-state index contributed by atoms with van der Waals surface area (Å²) in [5.41, 5.74) is 7.83. The van der Waals surface area contributed by atoms with Crippen LogP contribution >= 0.6 is 0 Å². The van der Waals surface area contributed by atoms with Crippen molar-refractivity contribution in [3.63, 3.8) is 0 Å². The smallest absolute Gasteiger partial charge is 0.141 e. The minimum atomic E-state index is 0.366. The average molecular weight is 393 g/mol. The van der Waals surface area contributed by atoms with Gasteiger partial charge in [-0.05, 0) is 47.5 Å². The Bertz CT molecular complexity index is 1210. The molecule has 0 fully saturated rings. The molecule has 6 heteroatoms. The number of nitrogens with zero attached hydrogens (tertiary/aromatic N) is 3. The van der Waals surface area contributed by atoms with Crippen LogP contribution in [-0.2, 0) is 11.4 Å². The van der Waals surface area contributed by atoms with Gasteiger partial charge in [-0.25, -0.2) is 9.97 Å². The largest absolute Gasteiger partial charge is 0.340 e. The molecule has 1 heterocycles. The number of hydroxylamine groups is 1. The number of para-hydroxylation sites is 1. The van der Waals surface area contributed by atoms with Crippen molar-refractivity contribution >= 4 is 28.1 Å². The summed E-state index contributed by atoms with van der Waals surface area (Å²) < 4.78 is 0. The standard InChI is InChI=1S/C24H19N5O/c1-17(29-30-15-19-8-6-18(14-25)7-9-19)20-10-12-21(13-11-20)28-24-22-4-2-3-5-23(22)26-16-27-24/h2-13,16,29H,1,15H2,(H,26,27,28). The fourth-order valence-electron chi connectivity index (χ4n) is 2.94. The van der Waals surface area contributed by atoms with Crippen LogP contribution in [-0.4, -0.2) is 9.97 Å². The molecule has 4 rings (SSSR count). The van der Waals surface area contributed by atoms with E-state index in [0.29, 0.717) is 17.9 Å². The molecule has 0 radical (unpaired) electrons. The van der Waals surface area contributed by atoms with Crippen molar-refractivity contribution in [1.29, 1.82) is 5.26 Å². The maximum Gasteiger partial charge on any atom is 0.141 e. The molecule has 0 saturated heterocycles. The summed E-state index contributed by atoms with van der Waals surface area (Å²) in [6.07, 6.45) is 1.55. The van der Waals surface area contributed by atoms with Gasteiger partial charge >= 0.3 is 0 Å². The lowest BCUT2D eigenvalue weighted by Crippen LogP contribution is -2.12. The molecule has 0 aliphatic rings. The van der Waals surface area contributed by atoms with Crippen LogP contribution in [0.1, 0.15) is 16.7 Å². The first-order valence-electron chi connectivity index (χ1n) is 9.36. The Morgan fingerprint density at radius 3 is 2.50 bits per heavy atom. The average Bonchev–Trinajstić information content (AvgIpc) is 2.80. The van der Waals surface area contributed by atoms with Crippen molar-refractivity contribution in [2.24, 2.45) is 0 Å². The summed E-state index contributed by atoms with van der Waals surface area (Å²) in [6, 6.07) is 25.0. The van der Waals surface area contributed by atoms with E-state index >= 15 is 0 Å². The monoisotopic (exact) mass is 393 g/mol. The van der Waals surface area contributed by atoms with Crippen LogP contribution in [0.15, 0.2) is 85.7 Å². The van der Waals surface area contributed by atoms with Crippen LogP contribution in [0, 0.1) is 11.3 Å². The van der Waals surface area contributed by atoms with Crippen molar-refractivity contribution in [2.75, 3.05) is 5.32 Å². The van der Waals surface area contributed by atoms with Crippen LogP contribution in [0.2, 0.25) is 0 Å². The van der Waals surface area contributed by atoms with Crippen molar-refractivity contribution in [1.82, 2.24) is 15.4 Å². The molecular weight excluding hydrogens is 374 g/mol. The van der Waals surface area contributed by atoms with Gasteiger partial charge in [0.1, 0.15) is 12.1 Å². The highest BCUT2D eigenvalue weighted by Crippen LogP contribution is 2.23. The van der Waals surface area contributed by atoms with Gasteiger partial charge in [0.15, 0.2) is 0 Å². The number of hydrogen-bond acceptors (Lipinski definition) is 6. The molecule has 3 aromatic carbocycles. The van der Waals surface area contributed by atoms with Gasteiger partial charge in [-0.15, -0.1) is 0 Å². The minimum Gasteiger partial charge on any atom is -0.340 e. The maximum atomic E-state index is 8.84. The van der Waals surface area contributed by atoms with Gasteiger partial charge in [0.05, 0.1) is 29.5 Å². The number of aromatic nitrogens is 2. The molecule has 0 aliphatic heterocycles. The predicted octanol–water partition coefficient (Wildman–Crippen LogP) is 4.94. The third-order valence-corrected chi connectivity index (χ3v) is 4.56. The highest BCUT2D eigenvalue weighted by molar-refractivity contribution is 5.90. The Morgan fingerprint density at radius 2 is 1.73 bits per heavy atom. The zero-order valence-electron chi connectivity index (χ0n) is 16.2. The summed E-state index contributed by atoms with van der Waals surface area (Å²) in [5, 5.41) is 13.1. The number of nitriles is 1. The van der Waals surface area contributed by atoms with Crippen LogP contribution in [0.5, 0.6) is 0 Å². The minimum absolute atomic E-state index is 0.366. The number of rotatable bonds is 7. The van der Waals surface area contributed by atoms with Crippen molar-refractivity contribution in [2.45, 2.75) is 6.61 Å². The summed E-state index contributed by atoms with van der Waals surface area (Å²) in [4.78, 5) is 14.1. The second-order valence-electron chi connectivity index (χ2n) is 6.62. The van der Waals surface area contributed by atoms with E-state index in [4.69, 9.17) is 10.1 Å². The van der Waals surface area contributed by atoms with E-state index in [1.807, 2.05) is 60.7 Å². The Morgan fingerprint density at radius 1 is 0.967 bits per heavy atom. The third-order valence-electron chi connectivity index (χ3n) is 4.56. The second kappa shape index (κ2) is 8.86. The molecule has 30 heavy (non-hydrogen) atoms. The van der Waals surface area contributed by atoms with Crippen LogP contribution < -0.4 is 10.8 Å². The van der Waals surface area contributed by atoms with Gasteiger partial charge in [0, 0.05) is 11.1 Å². The van der Waals surface area contributed by atoms with Gasteiger partial charge < -0.3 is 5.32 Å². The van der Waals surface area contributed by atoms with E-state index in [1.54, 1.807) is 18.5 Å². The molecule has 2 N–H and O–H groups in total. The zero-order valence-corrected chi connectivity index (χ0v) is 16.2. The van der Waals surface area contributed by atoms with Crippen LogP contribution in [0.3, 0.4) is 0 Å². The first kappa shape index (κ1) is 19.1. The maximum absolute atomic E-state index is 8.84. The molecular formula is C24H19N5O. The van der Waals surface area contributed by atoms with Crippen LogP contribution in [0.4, 0.5) is 11.5 Å². The van der Waals surface area contributed by atoms with Gasteiger partial charge in [-0.2, -0.15) is 5.26 Å². The summed E-state index contributed by atoms with van der Waals surface area (Å²) in [6.45, 7) is 4.38. The lowest BCUT2D eigenvalue weighted by Gasteiger charge is -2.12. The van der Waals surface area contributed by atoms with Crippen molar-refractivity contribution in [3.05, 3.63) is 102 Å². The van der Waals surface area contributed by atoms with Gasteiger partial charge in [0.2, 0.25) is 0 Å². The number of hydrogen-bond donors (Lipinski definition) is 2. The summed E-state index contributed by atoms with van der Waals surface area (Å²) in [7, 11) is 0. The highest BCUT2D eigenvalue weighted by Gasteiger charge is 2.05. The van der Waals surface area contributed by atoms with Gasteiger partial charge in [-0.3, -0.25) is 10.3 Å². The van der Waals surface area contributed by atoms with Crippen molar-refractivity contribution < 1.29 is 4.84 Å². The molecule has 0 spiro atoms. The zero-order chi connectivity index (χ0) is 20.8. The van der Waals surface area contributed by atoms with E-state index in [-0.39, 0.29) is 0 Å². The molecule has 4 aromatic rings.